The topological polar surface area (TPSA) is 21.9 Å². The van der Waals surface area contributed by atoms with Crippen molar-refractivity contribution in [2.45, 2.75) is 51.5 Å². The third kappa shape index (κ3) is 1.39. The molecular weight excluding hydrogens is 146 g/mol. The summed E-state index contributed by atoms with van der Waals surface area (Å²) < 4.78 is 0. The molecule has 1 heterocycles. The molecule has 0 aromatic heterocycles. The zero-order chi connectivity index (χ0) is 8.60. The third-order valence-corrected chi connectivity index (χ3v) is 3.78. The number of hydrogen-bond acceptors (Lipinski definition) is 1. The molecule has 0 unspecified atom stereocenters. The molecule has 70 valence electrons. The van der Waals surface area contributed by atoms with Gasteiger partial charge < -0.3 is 5.32 Å². The third-order valence-electron chi connectivity index (χ3n) is 3.78. The van der Waals surface area contributed by atoms with Crippen LogP contribution in [0.2, 0.25) is 0 Å². The standard InChI is InChI=1S/C11H21N/c1-9(2)10-6-4-3-5-7-11(10)8-12-11/h9-10,12H,3-8H2,1-2H3/t10-,11-/m1/s1. The van der Waals surface area contributed by atoms with Gasteiger partial charge in [0.2, 0.25) is 0 Å². The van der Waals surface area contributed by atoms with Crippen LogP contribution in [0.15, 0.2) is 0 Å². The molecule has 2 rings (SSSR count). The van der Waals surface area contributed by atoms with Crippen molar-refractivity contribution in [1.29, 1.82) is 0 Å². The normalized spacial score (nSPS) is 41.8. The van der Waals surface area contributed by atoms with Gasteiger partial charge in [-0.25, -0.2) is 0 Å². The molecule has 1 N–H and O–H groups in total. The minimum absolute atomic E-state index is 0.602. The Morgan fingerprint density at radius 1 is 1.25 bits per heavy atom. The lowest BCUT2D eigenvalue weighted by atomic mass is 9.79. The molecule has 0 bridgehead atoms. The number of nitrogens with one attached hydrogen (secondary N) is 1. The highest BCUT2D eigenvalue weighted by molar-refractivity contribution is 5.09. The second kappa shape index (κ2) is 3.02. The maximum absolute atomic E-state index is 3.62. The average molecular weight is 167 g/mol. The van der Waals surface area contributed by atoms with E-state index in [2.05, 4.69) is 19.2 Å². The Morgan fingerprint density at radius 3 is 2.58 bits per heavy atom. The quantitative estimate of drug-likeness (QED) is 0.596. The molecular formula is C11H21N. The van der Waals surface area contributed by atoms with Gasteiger partial charge in [-0.1, -0.05) is 33.1 Å². The van der Waals surface area contributed by atoms with Gasteiger partial charge in [-0.15, -0.1) is 0 Å². The van der Waals surface area contributed by atoms with Gasteiger partial charge >= 0.3 is 0 Å². The molecule has 1 aliphatic heterocycles. The molecule has 1 saturated heterocycles. The molecule has 0 aromatic carbocycles. The maximum atomic E-state index is 3.62. The summed E-state index contributed by atoms with van der Waals surface area (Å²) in [5.74, 6) is 1.83. The lowest BCUT2D eigenvalue weighted by molar-refractivity contribution is 0.277. The van der Waals surface area contributed by atoms with Gasteiger partial charge in [0.25, 0.3) is 0 Å². The van der Waals surface area contributed by atoms with Crippen LogP contribution in [-0.4, -0.2) is 12.1 Å². The fourth-order valence-corrected chi connectivity index (χ4v) is 2.97. The van der Waals surface area contributed by atoms with Crippen LogP contribution < -0.4 is 5.32 Å². The van der Waals surface area contributed by atoms with Crippen molar-refractivity contribution in [3.63, 3.8) is 0 Å². The van der Waals surface area contributed by atoms with Gasteiger partial charge in [0, 0.05) is 12.1 Å². The van der Waals surface area contributed by atoms with Gasteiger partial charge in [0.15, 0.2) is 0 Å². The van der Waals surface area contributed by atoms with Crippen molar-refractivity contribution >= 4 is 0 Å². The molecule has 1 heteroatoms. The smallest absolute Gasteiger partial charge is 0.0337 e. The van der Waals surface area contributed by atoms with Gasteiger partial charge in [-0.2, -0.15) is 0 Å². The average Bonchev–Trinajstić information content (AvgIpc) is 2.80. The van der Waals surface area contributed by atoms with Gasteiger partial charge in [0.05, 0.1) is 0 Å². The zero-order valence-corrected chi connectivity index (χ0v) is 8.40. The first kappa shape index (κ1) is 8.55. The monoisotopic (exact) mass is 167 g/mol. The predicted octanol–water partition coefficient (Wildman–Crippen LogP) is 2.56. The summed E-state index contributed by atoms with van der Waals surface area (Å²) in [5.41, 5.74) is 0.602. The number of rotatable bonds is 1. The Kier molecular flexibility index (Phi) is 2.16. The van der Waals surface area contributed by atoms with E-state index in [1.54, 1.807) is 0 Å². The SMILES string of the molecule is CC(C)[C@H]1CCCCC[C@@]12CN2. The van der Waals surface area contributed by atoms with E-state index in [9.17, 15) is 0 Å². The van der Waals surface area contributed by atoms with Crippen molar-refractivity contribution < 1.29 is 0 Å². The Bertz CT molecular complexity index is 158. The van der Waals surface area contributed by atoms with Crippen LogP contribution in [-0.2, 0) is 0 Å². The molecule has 2 atom stereocenters. The summed E-state index contributed by atoms with van der Waals surface area (Å²) in [4.78, 5) is 0. The molecule has 1 aliphatic carbocycles. The Hall–Kier alpha value is -0.0400. The predicted molar refractivity (Wildman–Crippen MR) is 52.1 cm³/mol. The minimum atomic E-state index is 0.602. The first-order valence-electron chi connectivity index (χ1n) is 5.50. The molecule has 2 aliphatic rings. The van der Waals surface area contributed by atoms with Crippen molar-refractivity contribution in [3.05, 3.63) is 0 Å². The highest BCUT2D eigenvalue weighted by Crippen LogP contribution is 2.42. The Labute approximate surface area is 75.9 Å². The van der Waals surface area contributed by atoms with Crippen LogP contribution >= 0.6 is 0 Å². The number of hydrogen-bond donors (Lipinski definition) is 1. The molecule has 0 radical (unpaired) electrons. The summed E-state index contributed by atoms with van der Waals surface area (Å²) in [6.07, 6.45) is 7.29. The summed E-state index contributed by atoms with van der Waals surface area (Å²) in [5, 5.41) is 3.62. The molecule has 0 aromatic rings. The van der Waals surface area contributed by atoms with E-state index >= 15 is 0 Å². The van der Waals surface area contributed by atoms with Gasteiger partial charge in [0.1, 0.15) is 0 Å². The molecule has 1 spiro atoms. The van der Waals surface area contributed by atoms with Crippen LogP contribution in [0.5, 0.6) is 0 Å². The van der Waals surface area contributed by atoms with Crippen molar-refractivity contribution in [2.24, 2.45) is 11.8 Å². The molecule has 12 heavy (non-hydrogen) atoms. The second-order valence-corrected chi connectivity index (χ2v) is 4.96. The minimum Gasteiger partial charge on any atom is -0.308 e. The fourth-order valence-electron chi connectivity index (χ4n) is 2.97. The molecule has 1 nitrogen and oxygen atoms in total. The molecule has 0 amide bonds. The largest absolute Gasteiger partial charge is 0.308 e. The van der Waals surface area contributed by atoms with Crippen LogP contribution in [0.4, 0.5) is 0 Å². The molecule has 2 fully saturated rings. The van der Waals surface area contributed by atoms with Crippen LogP contribution in [0, 0.1) is 11.8 Å². The van der Waals surface area contributed by atoms with Crippen LogP contribution in [0.25, 0.3) is 0 Å². The zero-order valence-electron chi connectivity index (χ0n) is 8.40. The first-order valence-corrected chi connectivity index (χ1v) is 5.50. The Morgan fingerprint density at radius 2 is 2.00 bits per heavy atom. The first-order chi connectivity index (χ1) is 5.75. The van der Waals surface area contributed by atoms with Crippen molar-refractivity contribution in [1.82, 2.24) is 5.32 Å². The van der Waals surface area contributed by atoms with E-state index in [-0.39, 0.29) is 0 Å². The Balaban J connectivity index is 2.06. The summed E-state index contributed by atoms with van der Waals surface area (Å²) in [6.45, 7) is 6.07. The lowest BCUT2D eigenvalue weighted by Crippen LogP contribution is -2.30. The van der Waals surface area contributed by atoms with Crippen molar-refractivity contribution in [3.8, 4) is 0 Å². The highest BCUT2D eigenvalue weighted by atomic mass is 15.2. The summed E-state index contributed by atoms with van der Waals surface area (Å²) in [6, 6.07) is 0. The van der Waals surface area contributed by atoms with E-state index in [0.29, 0.717) is 5.54 Å². The highest BCUT2D eigenvalue weighted by Gasteiger charge is 2.49. The van der Waals surface area contributed by atoms with E-state index in [4.69, 9.17) is 0 Å². The van der Waals surface area contributed by atoms with E-state index in [1.165, 1.54) is 38.6 Å². The van der Waals surface area contributed by atoms with Crippen molar-refractivity contribution in [2.75, 3.05) is 6.54 Å². The van der Waals surface area contributed by atoms with Gasteiger partial charge in [-0.05, 0) is 24.7 Å². The summed E-state index contributed by atoms with van der Waals surface area (Å²) >= 11 is 0. The van der Waals surface area contributed by atoms with E-state index in [1.807, 2.05) is 0 Å². The fraction of sp³-hybridized carbons (Fsp3) is 1.00. The second-order valence-electron chi connectivity index (χ2n) is 4.96. The summed E-state index contributed by atoms with van der Waals surface area (Å²) in [7, 11) is 0. The van der Waals surface area contributed by atoms with Gasteiger partial charge in [-0.3, -0.25) is 0 Å². The van der Waals surface area contributed by atoms with Crippen LogP contribution in [0.1, 0.15) is 46.0 Å². The lowest BCUT2D eigenvalue weighted by Gasteiger charge is -2.26. The van der Waals surface area contributed by atoms with Crippen LogP contribution in [0.3, 0.4) is 0 Å². The van der Waals surface area contributed by atoms with E-state index in [0.717, 1.165) is 11.8 Å². The van der Waals surface area contributed by atoms with E-state index < -0.39 is 0 Å². The molecule has 1 saturated carbocycles. The maximum Gasteiger partial charge on any atom is 0.0337 e.